The number of aromatic nitrogens is 1. The highest BCUT2D eigenvalue weighted by atomic mass is 32.1. The number of thiazole rings is 1. The van der Waals surface area contributed by atoms with Crippen LogP contribution in [0.4, 0.5) is 0 Å². The lowest BCUT2D eigenvalue weighted by molar-refractivity contribution is -0.121. The molecule has 2 heterocycles. The van der Waals surface area contributed by atoms with Crippen molar-refractivity contribution in [3.8, 4) is 11.3 Å². The normalized spacial score (nSPS) is 16.1. The van der Waals surface area contributed by atoms with Crippen LogP contribution >= 0.6 is 11.3 Å². The van der Waals surface area contributed by atoms with Crippen LogP contribution in [-0.4, -0.2) is 60.5 Å². The third-order valence-corrected chi connectivity index (χ3v) is 7.00. The van der Waals surface area contributed by atoms with Crippen LogP contribution in [0.2, 0.25) is 0 Å². The summed E-state index contributed by atoms with van der Waals surface area (Å²) >= 11 is 1.61. The number of likely N-dealkylation sites (N-methyl/N-ethyl adjacent to an activating group) is 1. The summed E-state index contributed by atoms with van der Waals surface area (Å²) in [6, 6.07) is 18.7. The van der Waals surface area contributed by atoms with Gasteiger partial charge in [-0.3, -0.25) is 9.69 Å². The van der Waals surface area contributed by atoms with E-state index in [0.29, 0.717) is 6.42 Å². The van der Waals surface area contributed by atoms with Gasteiger partial charge in [0.15, 0.2) is 0 Å². The van der Waals surface area contributed by atoms with Gasteiger partial charge in [-0.2, -0.15) is 0 Å². The average Bonchev–Trinajstić information content (AvgIpc) is 3.15. The fraction of sp³-hybridized carbons (Fsp3) is 0.385. The van der Waals surface area contributed by atoms with Gasteiger partial charge in [-0.05, 0) is 26.5 Å². The van der Waals surface area contributed by atoms with E-state index in [-0.39, 0.29) is 11.9 Å². The van der Waals surface area contributed by atoms with Crippen molar-refractivity contribution in [3.63, 3.8) is 0 Å². The number of aryl methyl sites for hydroxylation is 2. The number of hydrogen-bond acceptors (Lipinski definition) is 5. The van der Waals surface area contributed by atoms with Gasteiger partial charge in [-0.25, -0.2) is 4.98 Å². The Labute approximate surface area is 195 Å². The molecule has 6 heteroatoms. The van der Waals surface area contributed by atoms with Crippen molar-refractivity contribution < 1.29 is 4.79 Å². The monoisotopic (exact) mass is 448 g/mol. The van der Waals surface area contributed by atoms with E-state index >= 15 is 0 Å². The Morgan fingerprint density at radius 3 is 2.41 bits per heavy atom. The van der Waals surface area contributed by atoms with Gasteiger partial charge in [0.25, 0.3) is 0 Å². The summed E-state index contributed by atoms with van der Waals surface area (Å²) in [5.74, 6) is 0.0463. The Morgan fingerprint density at radius 1 is 1.03 bits per heavy atom. The SMILES string of the molecule is Cc1ccc(-c2nc(C)sc2CC(=O)NC(CN2CCN(C)CC2)c2ccccc2)cc1. The zero-order valence-corrected chi connectivity index (χ0v) is 20.0. The first-order chi connectivity index (χ1) is 15.5. The molecule has 32 heavy (non-hydrogen) atoms. The first-order valence-corrected chi connectivity index (χ1v) is 12.1. The smallest absolute Gasteiger partial charge is 0.225 e. The molecular formula is C26H32N4OS. The predicted molar refractivity (Wildman–Crippen MR) is 132 cm³/mol. The maximum absolute atomic E-state index is 13.2. The third-order valence-electron chi connectivity index (χ3n) is 6.02. The van der Waals surface area contributed by atoms with E-state index in [1.807, 2.05) is 25.1 Å². The van der Waals surface area contributed by atoms with E-state index in [2.05, 4.69) is 65.5 Å². The summed E-state index contributed by atoms with van der Waals surface area (Å²) < 4.78 is 0. The largest absolute Gasteiger partial charge is 0.348 e. The zero-order chi connectivity index (χ0) is 22.5. The molecular weight excluding hydrogens is 416 g/mol. The Hall–Kier alpha value is -2.54. The van der Waals surface area contributed by atoms with Crippen molar-refractivity contribution in [3.05, 3.63) is 75.6 Å². The fourth-order valence-corrected chi connectivity index (χ4v) is 5.08. The number of carbonyl (C=O) groups excluding carboxylic acids is 1. The molecule has 1 N–H and O–H groups in total. The van der Waals surface area contributed by atoms with Crippen LogP contribution in [0.3, 0.4) is 0 Å². The summed E-state index contributed by atoms with van der Waals surface area (Å²) in [7, 11) is 2.16. The van der Waals surface area contributed by atoms with Crippen LogP contribution in [-0.2, 0) is 11.2 Å². The number of amides is 1. The number of nitrogens with zero attached hydrogens (tertiary/aromatic N) is 3. The molecule has 1 unspecified atom stereocenters. The molecule has 3 aromatic rings. The van der Waals surface area contributed by atoms with Crippen LogP contribution in [0.15, 0.2) is 54.6 Å². The van der Waals surface area contributed by atoms with Gasteiger partial charge in [0.2, 0.25) is 5.91 Å². The zero-order valence-electron chi connectivity index (χ0n) is 19.2. The van der Waals surface area contributed by atoms with E-state index < -0.39 is 0 Å². The molecule has 1 aliphatic heterocycles. The van der Waals surface area contributed by atoms with Crippen LogP contribution in [0, 0.1) is 13.8 Å². The summed E-state index contributed by atoms with van der Waals surface area (Å²) in [6.45, 7) is 9.10. The van der Waals surface area contributed by atoms with Gasteiger partial charge < -0.3 is 10.2 Å². The molecule has 1 atom stereocenters. The van der Waals surface area contributed by atoms with Crippen LogP contribution in [0.25, 0.3) is 11.3 Å². The molecule has 0 saturated carbocycles. The molecule has 4 rings (SSSR count). The minimum atomic E-state index is -0.0241. The van der Waals surface area contributed by atoms with E-state index in [1.165, 1.54) is 5.56 Å². The van der Waals surface area contributed by atoms with Crippen LogP contribution < -0.4 is 5.32 Å². The molecule has 1 amide bonds. The van der Waals surface area contributed by atoms with Crippen LogP contribution in [0.1, 0.15) is 27.1 Å². The van der Waals surface area contributed by atoms with Gasteiger partial charge in [0, 0.05) is 43.2 Å². The second-order valence-electron chi connectivity index (χ2n) is 8.68. The van der Waals surface area contributed by atoms with E-state index in [1.54, 1.807) is 11.3 Å². The fourth-order valence-electron chi connectivity index (χ4n) is 4.13. The average molecular weight is 449 g/mol. The Balaban J connectivity index is 1.48. The number of piperazine rings is 1. The highest BCUT2D eigenvalue weighted by Gasteiger charge is 2.22. The van der Waals surface area contributed by atoms with E-state index in [9.17, 15) is 4.79 Å². The number of carbonyl (C=O) groups is 1. The topological polar surface area (TPSA) is 48.5 Å². The summed E-state index contributed by atoms with van der Waals surface area (Å²) in [5.41, 5.74) is 4.37. The quantitative estimate of drug-likeness (QED) is 0.592. The molecule has 1 aromatic heterocycles. The Kier molecular flexibility index (Phi) is 7.35. The van der Waals surface area contributed by atoms with Gasteiger partial charge in [0.05, 0.1) is 23.2 Å². The van der Waals surface area contributed by atoms with E-state index in [4.69, 9.17) is 4.98 Å². The van der Waals surface area contributed by atoms with Crippen LogP contribution in [0.5, 0.6) is 0 Å². The number of benzene rings is 2. The highest BCUT2D eigenvalue weighted by molar-refractivity contribution is 7.12. The highest BCUT2D eigenvalue weighted by Crippen LogP contribution is 2.29. The lowest BCUT2D eigenvalue weighted by atomic mass is 10.0. The minimum Gasteiger partial charge on any atom is -0.348 e. The van der Waals surface area contributed by atoms with Gasteiger partial charge in [-0.1, -0.05) is 60.2 Å². The molecule has 2 aromatic carbocycles. The molecule has 0 spiro atoms. The number of hydrogen-bond donors (Lipinski definition) is 1. The second kappa shape index (κ2) is 10.4. The van der Waals surface area contributed by atoms with Gasteiger partial charge >= 0.3 is 0 Å². The van der Waals surface area contributed by atoms with Crippen molar-refractivity contribution in [1.82, 2.24) is 20.1 Å². The molecule has 168 valence electrons. The number of nitrogens with one attached hydrogen (secondary N) is 1. The minimum absolute atomic E-state index is 0.0241. The van der Waals surface area contributed by atoms with Crippen molar-refractivity contribution in [2.75, 3.05) is 39.8 Å². The Bertz CT molecular complexity index is 1020. The summed E-state index contributed by atoms with van der Waals surface area (Å²) in [5, 5.41) is 4.31. The summed E-state index contributed by atoms with van der Waals surface area (Å²) in [4.78, 5) is 23.7. The first kappa shape index (κ1) is 22.6. The number of rotatable bonds is 7. The molecule has 5 nitrogen and oxygen atoms in total. The van der Waals surface area contributed by atoms with Crippen molar-refractivity contribution in [2.24, 2.45) is 0 Å². The lowest BCUT2D eigenvalue weighted by Crippen LogP contribution is -2.48. The Morgan fingerprint density at radius 2 is 1.72 bits per heavy atom. The van der Waals surface area contributed by atoms with Gasteiger partial charge in [0.1, 0.15) is 0 Å². The molecule has 0 aliphatic carbocycles. The summed E-state index contributed by atoms with van der Waals surface area (Å²) in [6.07, 6.45) is 0.348. The predicted octanol–water partition coefficient (Wildman–Crippen LogP) is 4.07. The molecule has 1 saturated heterocycles. The van der Waals surface area contributed by atoms with Gasteiger partial charge in [-0.15, -0.1) is 11.3 Å². The van der Waals surface area contributed by atoms with Crippen molar-refractivity contribution in [1.29, 1.82) is 0 Å². The molecule has 1 fully saturated rings. The first-order valence-electron chi connectivity index (χ1n) is 11.3. The second-order valence-corrected chi connectivity index (χ2v) is 9.97. The van der Waals surface area contributed by atoms with Crippen molar-refractivity contribution >= 4 is 17.2 Å². The van der Waals surface area contributed by atoms with Crippen molar-refractivity contribution in [2.45, 2.75) is 26.3 Å². The third kappa shape index (κ3) is 5.82. The maximum Gasteiger partial charge on any atom is 0.225 e. The van der Waals surface area contributed by atoms with E-state index in [0.717, 1.165) is 59.4 Å². The molecule has 0 radical (unpaired) electrons. The lowest BCUT2D eigenvalue weighted by Gasteiger charge is -2.35. The molecule has 0 bridgehead atoms. The standard InChI is InChI=1S/C26H32N4OS/c1-19-9-11-22(12-10-19)26-24(32-20(2)27-26)17-25(31)28-23(21-7-5-4-6-8-21)18-30-15-13-29(3)14-16-30/h4-12,23H,13-18H2,1-3H3,(H,28,31). The maximum atomic E-state index is 13.2. The molecule has 1 aliphatic rings.